The first-order valence-corrected chi connectivity index (χ1v) is 28.6. The van der Waals surface area contributed by atoms with Crippen molar-refractivity contribution in [2.75, 3.05) is 23.9 Å². The van der Waals surface area contributed by atoms with Crippen molar-refractivity contribution < 1.29 is 0 Å². The zero-order chi connectivity index (χ0) is 54.5. The Hall–Kier alpha value is -10.3. The zero-order valence-electron chi connectivity index (χ0n) is 45.8. The van der Waals surface area contributed by atoms with Crippen LogP contribution in [0.25, 0.3) is 76.5 Å². The molecule has 82 heavy (non-hydrogen) atoms. The summed E-state index contributed by atoms with van der Waals surface area (Å²) in [6.45, 7) is 0. The summed E-state index contributed by atoms with van der Waals surface area (Å²) < 4.78 is 0. The average Bonchev–Trinajstić information content (AvgIpc) is 2.25. The number of para-hydroxylation sites is 4. The molecule has 2 nitrogen and oxygen atoms in total. The van der Waals surface area contributed by atoms with Gasteiger partial charge in [0.2, 0.25) is 0 Å². The topological polar surface area (TPSA) is 6.48 Å². The number of hydrogen-bond donors (Lipinski definition) is 0. The van der Waals surface area contributed by atoms with Gasteiger partial charge < -0.3 is 9.80 Å². The fourth-order valence-electron chi connectivity index (χ4n) is 14.9. The van der Waals surface area contributed by atoms with E-state index in [4.69, 9.17) is 0 Å². The molecule has 14 aromatic rings. The van der Waals surface area contributed by atoms with Crippen molar-refractivity contribution in [2.24, 2.45) is 0 Å². The van der Waals surface area contributed by atoms with Crippen molar-refractivity contribution in [3.8, 4) is 33.4 Å². The quantitative estimate of drug-likeness (QED) is 0.147. The van der Waals surface area contributed by atoms with Crippen LogP contribution in [0.1, 0.15) is 44.5 Å². The summed E-state index contributed by atoms with van der Waals surface area (Å²) in [7, 11) is 4.53. The minimum Gasteiger partial charge on any atom is -0.344 e. The first kappa shape index (κ1) is 47.7. The first-order valence-electron chi connectivity index (χ1n) is 28.6. The Morgan fingerprint density at radius 2 is 0.598 bits per heavy atom. The Bertz CT molecular complexity index is 4510. The van der Waals surface area contributed by atoms with Crippen LogP contribution in [0.4, 0.5) is 22.7 Å². The summed E-state index contributed by atoms with van der Waals surface area (Å²) in [6, 6.07) is 114. The van der Waals surface area contributed by atoms with Crippen LogP contribution in [0.3, 0.4) is 0 Å². The molecule has 0 spiro atoms. The van der Waals surface area contributed by atoms with Gasteiger partial charge in [-0.05, 0) is 146 Å². The van der Waals surface area contributed by atoms with Crippen LogP contribution in [-0.2, 0) is 10.8 Å². The van der Waals surface area contributed by atoms with E-state index < -0.39 is 10.8 Å². The molecule has 2 aliphatic heterocycles. The largest absolute Gasteiger partial charge is 0.344 e. The molecule has 0 bridgehead atoms. The second-order valence-corrected chi connectivity index (χ2v) is 22.3. The number of benzene rings is 14. The molecule has 0 radical (unpaired) electrons. The normalized spacial score (nSPS) is 13.9. The Morgan fingerprint density at radius 1 is 0.244 bits per heavy atom. The second kappa shape index (κ2) is 18.7. The average molecular weight is 1050 g/mol. The number of rotatable bonds is 7. The smallest absolute Gasteiger partial charge is 0.0742 e. The van der Waals surface area contributed by atoms with Gasteiger partial charge in [0.25, 0.3) is 0 Å². The minimum absolute atomic E-state index is 0.604. The number of nitrogens with zero attached hydrogens (tertiary/aromatic N) is 2. The molecule has 386 valence electrons. The van der Waals surface area contributed by atoms with E-state index in [9.17, 15) is 0 Å². The molecule has 0 fully saturated rings. The molecule has 2 heterocycles. The fourth-order valence-corrected chi connectivity index (χ4v) is 14.9. The minimum atomic E-state index is -0.604. The van der Waals surface area contributed by atoms with Gasteiger partial charge in [-0.25, -0.2) is 0 Å². The molecule has 0 amide bonds. The van der Waals surface area contributed by atoms with Crippen molar-refractivity contribution in [3.05, 3.63) is 348 Å². The lowest BCUT2D eigenvalue weighted by Gasteiger charge is -2.46. The first-order chi connectivity index (χ1) is 40.5. The van der Waals surface area contributed by atoms with E-state index in [2.05, 4.69) is 327 Å². The van der Waals surface area contributed by atoms with Gasteiger partial charge in [-0.3, -0.25) is 0 Å². The van der Waals surface area contributed by atoms with E-state index in [0.29, 0.717) is 0 Å². The molecular weight excluding hydrogens is 989 g/mol. The van der Waals surface area contributed by atoms with Crippen LogP contribution < -0.4 is 9.80 Å². The maximum atomic E-state index is 2.53. The summed E-state index contributed by atoms with van der Waals surface area (Å²) >= 11 is 0. The van der Waals surface area contributed by atoms with E-state index in [1.54, 1.807) is 0 Å². The van der Waals surface area contributed by atoms with E-state index in [0.717, 1.165) is 0 Å². The standard InChI is InChI=1S/C80H56N2/c1-81-74-45-19-17-41-70(74)79(58-27-7-3-8-28-58,59-29-9-4-10-30-59)72-43-23-39-66(77(72)81)62-35-21-37-64-68(62)52-69-63(36-22-38-65(69)76(64)56-48-47-55-49-53-25-15-16-26-54(53)50-57(55)51-56)67-40-24-44-73-78(67)82(2)75-46-20-18-42-71(75)80(73,60-31-11-5-12-32-60)61-33-13-6-14-34-61/h3-52H,1-2H3. The van der Waals surface area contributed by atoms with Crippen LogP contribution in [0.5, 0.6) is 0 Å². The molecule has 14 aromatic carbocycles. The molecule has 0 atom stereocenters. The van der Waals surface area contributed by atoms with Gasteiger partial charge in [0.15, 0.2) is 0 Å². The van der Waals surface area contributed by atoms with E-state index in [-0.39, 0.29) is 0 Å². The van der Waals surface area contributed by atoms with Gasteiger partial charge in [-0.2, -0.15) is 0 Å². The SMILES string of the molecule is CN1c2ccccc2C(c2ccccc2)(c2ccccc2)c2cccc(-c3cccc4c(-c5ccc6cc7ccccc7cc6c5)c5cccc(-c6cccc7c6N(C)c6ccccc6C7(c6ccccc6)c6ccccc6)c5cc34)c21. The highest BCUT2D eigenvalue weighted by Crippen LogP contribution is 2.60. The Labute approximate surface area is 479 Å². The van der Waals surface area contributed by atoms with Gasteiger partial charge in [0, 0.05) is 36.6 Å². The summed E-state index contributed by atoms with van der Waals surface area (Å²) in [5, 5.41) is 9.77. The van der Waals surface area contributed by atoms with Crippen LogP contribution in [0.2, 0.25) is 0 Å². The van der Waals surface area contributed by atoms with Crippen molar-refractivity contribution in [2.45, 2.75) is 10.8 Å². The highest BCUT2D eigenvalue weighted by Gasteiger charge is 2.48. The Kier molecular flexibility index (Phi) is 10.9. The third kappa shape index (κ3) is 6.82. The molecule has 0 unspecified atom stereocenters. The fraction of sp³-hybridized carbons (Fsp3) is 0.0500. The summed E-state index contributed by atoms with van der Waals surface area (Å²) in [4.78, 5) is 4.92. The van der Waals surface area contributed by atoms with Crippen LogP contribution in [-0.4, -0.2) is 14.1 Å². The van der Waals surface area contributed by atoms with E-state index >= 15 is 0 Å². The van der Waals surface area contributed by atoms with Crippen molar-refractivity contribution in [1.82, 2.24) is 0 Å². The molecule has 2 heteroatoms. The van der Waals surface area contributed by atoms with Gasteiger partial charge in [0.1, 0.15) is 0 Å². The van der Waals surface area contributed by atoms with Gasteiger partial charge in [-0.1, -0.05) is 267 Å². The molecule has 0 saturated heterocycles. The highest BCUT2D eigenvalue weighted by atomic mass is 15.1. The predicted octanol–water partition coefficient (Wildman–Crippen LogP) is 20.2. The van der Waals surface area contributed by atoms with Gasteiger partial charge in [-0.15, -0.1) is 0 Å². The molecular formula is C80H56N2. The second-order valence-electron chi connectivity index (χ2n) is 22.3. The molecule has 0 saturated carbocycles. The molecule has 0 aromatic heterocycles. The lowest BCUT2D eigenvalue weighted by Crippen LogP contribution is -2.38. The van der Waals surface area contributed by atoms with Crippen molar-refractivity contribution in [1.29, 1.82) is 0 Å². The monoisotopic (exact) mass is 1040 g/mol. The number of fused-ring (bicyclic) bond motifs is 8. The van der Waals surface area contributed by atoms with Crippen LogP contribution in [0, 0.1) is 0 Å². The van der Waals surface area contributed by atoms with Crippen molar-refractivity contribution >= 4 is 65.8 Å². The molecule has 16 rings (SSSR count). The van der Waals surface area contributed by atoms with E-state index in [1.165, 1.54) is 144 Å². The number of hydrogen-bond acceptors (Lipinski definition) is 2. The lowest BCUT2D eigenvalue weighted by molar-refractivity contribution is 0.728. The predicted molar refractivity (Wildman–Crippen MR) is 346 cm³/mol. The molecule has 0 N–H and O–H groups in total. The van der Waals surface area contributed by atoms with Crippen LogP contribution >= 0.6 is 0 Å². The maximum Gasteiger partial charge on any atom is 0.0742 e. The summed E-state index contributed by atoms with van der Waals surface area (Å²) in [5.41, 5.74) is 20.7. The van der Waals surface area contributed by atoms with Gasteiger partial charge in [0.05, 0.1) is 22.2 Å². The number of anilines is 4. The van der Waals surface area contributed by atoms with Crippen LogP contribution in [0.15, 0.2) is 303 Å². The molecule has 0 aliphatic carbocycles. The van der Waals surface area contributed by atoms with E-state index in [1.807, 2.05) is 0 Å². The van der Waals surface area contributed by atoms with Gasteiger partial charge >= 0.3 is 0 Å². The third-order valence-electron chi connectivity index (χ3n) is 18.3. The Balaban J connectivity index is 1.02. The Morgan fingerprint density at radius 3 is 1.05 bits per heavy atom. The summed E-state index contributed by atoms with van der Waals surface area (Å²) in [5.74, 6) is 0. The van der Waals surface area contributed by atoms with Crippen molar-refractivity contribution in [3.63, 3.8) is 0 Å². The third-order valence-corrected chi connectivity index (χ3v) is 18.3. The highest BCUT2D eigenvalue weighted by molar-refractivity contribution is 6.21. The molecule has 2 aliphatic rings. The summed E-state index contributed by atoms with van der Waals surface area (Å²) in [6.07, 6.45) is 0. The zero-order valence-corrected chi connectivity index (χ0v) is 45.8. The lowest BCUT2D eigenvalue weighted by atomic mass is 9.62. The maximum absolute atomic E-state index is 2.53.